The smallest absolute Gasteiger partial charge is 0.0539 e. The molecule has 6 nitrogen and oxygen atoms in total. The number of nitrogens with one attached hydrogen (secondary N) is 2. The lowest BCUT2D eigenvalue weighted by Crippen LogP contribution is -2.22. The Hall–Kier alpha value is -5.04. The highest BCUT2D eigenvalue weighted by Gasteiger charge is 2.04. The molecular weight excluding hydrogens is 472 g/mol. The largest absolute Gasteiger partial charge is 0.739 e. The van der Waals surface area contributed by atoms with Gasteiger partial charge in [-0.2, -0.15) is 0 Å². The molecule has 0 saturated heterocycles. The van der Waals surface area contributed by atoms with E-state index in [2.05, 4.69) is 10.9 Å². The Labute approximate surface area is 220 Å². The van der Waals surface area contributed by atoms with Gasteiger partial charge in [0, 0.05) is 11.4 Å². The van der Waals surface area contributed by atoms with Crippen LogP contribution in [0.15, 0.2) is 133 Å². The first-order chi connectivity index (χ1) is 18.6. The van der Waals surface area contributed by atoms with Crippen LogP contribution in [0.3, 0.4) is 0 Å². The molecule has 0 saturated carbocycles. The average Bonchev–Trinajstić information content (AvgIpc) is 2.97. The van der Waals surface area contributed by atoms with Gasteiger partial charge < -0.3 is 31.6 Å². The van der Waals surface area contributed by atoms with Crippen LogP contribution in [0.25, 0.3) is 32.7 Å². The molecule has 6 rings (SSSR count). The van der Waals surface area contributed by atoms with Crippen LogP contribution in [0, 0.1) is 10.4 Å². The van der Waals surface area contributed by atoms with E-state index in [1.54, 1.807) is 24.3 Å². The zero-order chi connectivity index (χ0) is 25.9. The van der Waals surface area contributed by atoms with Gasteiger partial charge in [-0.3, -0.25) is 0 Å². The molecule has 0 amide bonds. The topological polar surface area (TPSA) is 76.7 Å². The molecule has 0 radical (unpaired) electrons. The van der Waals surface area contributed by atoms with Crippen LogP contribution in [-0.4, -0.2) is 0 Å². The predicted molar refractivity (Wildman–Crippen MR) is 159 cm³/mol. The second kappa shape index (κ2) is 10.1. The van der Waals surface area contributed by atoms with E-state index in [0.717, 1.165) is 54.4 Å². The van der Waals surface area contributed by atoms with Crippen LogP contribution in [0.2, 0.25) is 0 Å². The Morgan fingerprint density at radius 1 is 0.395 bits per heavy atom. The van der Waals surface area contributed by atoms with Crippen molar-refractivity contribution in [3.63, 3.8) is 0 Å². The molecule has 0 bridgehead atoms. The van der Waals surface area contributed by atoms with Crippen molar-refractivity contribution in [2.75, 3.05) is 21.2 Å². The molecule has 6 heteroatoms. The first kappa shape index (κ1) is 23.4. The molecule has 38 heavy (non-hydrogen) atoms. The van der Waals surface area contributed by atoms with E-state index in [4.69, 9.17) is 0 Å². The third-order valence-corrected chi connectivity index (χ3v) is 6.50. The fraction of sp³-hybridized carbons (Fsp3) is 0. The van der Waals surface area contributed by atoms with Crippen LogP contribution in [0.5, 0.6) is 0 Å². The highest BCUT2D eigenvalue weighted by atomic mass is 16.5. The Morgan fingerprint density at radius 3 is 1.16 bits per heavy atom. The van der Waals surface area contributed by atoms with Crippen molar-refractivity contribution in [2.45, 2.75) is 0 Å². The van der Waals surface area contributed by atoms with Crippen molar-refractivity contribution < 1.29 is 0 Å². The maximum Gasteiger partial charge on any atom is 0.0539 e. The van der Waals surface area contributed by atoms with Gasteiger partial charge in [-0.1, -0.05) is 84.9 Å². The zero-order valence-electron chi connectivity index (χ0n) is 20.4. The van der Waals surface area contributed by atoms with Crippen LogP contribution in [-0.2, 0) is 0 Å². The lowest BCUT2D eigenvalue weighted by molar-refractivity contribution is 1.17. The first-order valence-electron chi connectivity index (χ1n) is 12.3. The van der Waals surface area contributed by atoms with Gasteiger partial charge in [-0.25, -0.2) is 0 Å². The highest BCUT2D eigenvalue weighted by Crippen LogP contribution is 2.27. The molecule has 0 unspecified atom stereocenters. The lowest BCUT2D eigenvalue weighted by atomic mass is 10.1. The summed E-state index contributed by atoms with van der Waals surface area (Å²) in [6.07, 6.45) is 0. The molecule has 0 spiro atoms. The van der Waals surface area contributed by atoms with Crippen LogP contribution >= 0.6 is 0 Å². The van der Waals surface area contributed by atoms with Crippen molar-refractivity contribution in [1.82, 2.24) is 0 Å². The van der Waals surface area contributed by atoms with E-state index in [-0.39, 0.29) is 0 Å². The molecule has 0 fully saturated rings. The van der Waals surface area contributed by atoms with E-state index >= 15 is 0 Å². The molecule has 0 aromatic heterocycles. The van der Waals surface area contributed by atoms with Gasteiger partial charge in [0.15, 0.2) is 0 Å². The van der Waals surface area contributed by atoms with Gasteiger partial charge >= 0.3 is 0 Å². The minimum absolute atomic E-state index is 0.490. The second-order valence-corrected chi connectivity index (χ2v) is 9.03. The molecule has 6 aromatic rings. The molecule has 186 valence electrons. The van der Waals surface area contributed by atoms with Crippen molar-refractivity contribution in [3.05, 3.63) is 144 Å². The van der Waals surface area contributed by atoms with Gasteiger partial charge in [0.25, 0.3) is 0 Å². The number of hydrogen-bond donors (Lipinski definition) is 2. The van der Waals surface area contributed by atoms with Gasteiger partial charge in [-0.15, -0.1) is 0 Å². The summed E-state index contributed by atoms with van der Waals surface area (Å²) in [4.78, 5) is 0. The minimum atomic E-state index is 0.490. The van der Waals surface area contributed by atoms with Crippen LogP contribution in [0.1, 0.15) is 0 Å². The fourth-order valence-corrected chi connectivity index (χ4v) is 4.46. The van der Waals surface area contributed by atoms with Gasteiger partial charge in [0.05, 0.1) is 11.4 Å². The number of benzene rings is 6. The molecule has 0 heterocycles. The molecule has 2 N–H and O–H groups in total. The summed E-state index contributed by atoms with van der Waals surface area (Å²) in [5.41, 5.74) is 10.1. The summed E-state index contributed by atoms with van der Waals surface area (Å²) >= 11 is 0. The van der Waals surface area contributed by atoms with Crippen molar-refractivity contribution in [3.8, 4) is 11.1 Å². The SMILES string of the molecule is [O-]N(Nc1ccc2ccccc2c1)c1ccc(-c2ccc(N([O-])Nc3ccc4ccccc4c3)cc2)cc1. The van der Waals surface area contributed by atoms with E-state index in [1.807, 2.05) is 109 Å². The molecule has 6 aromatic carbocycles. The number of fused-ring (bicyclic) bond motifs is 2. The maximum absolute atomic E-state index is 12.7. The van der Waals surface area contributed by atoms with Crippen molar-refractivity contribution in [2.24, 2.45) is 0 Å². The summed E-state index contributed by atoms with van der Waals surface area (Å²) in [7, 11) is 0. The first-order valence-corrected chi connectivity index (χ1v) is 12.3. The van der Waals surface area contributed by atoms with E-state index < -0.39 is 0 Å². The Kier molecular flexibility index (Phi) is 6.24. The standard InChI is InChI=1S/C32H24N4O2/c37-35(33-29-15-9-23-5-1-3-7-27(23)21-29)31-17-11-25(12-18-31)26-13-19-32(20-14-26)36(38)34-30-16-10-24-6-2-4-8-28(24)22-30/h1-22,33-34H/q-2. The molecule has 0 aliphatic rings. The Bertz CT molecular complexity index is 1570. The van der Waals surface area contributed by atoms with E-state index in [0.29, 0.717) is 11.4 Å². The minimum Gasteiger partial charge on any atom is -0.739 e. The van der Waals surface area contributed by atoms with Crippen LogP contribution in [0.4, 0.5) is 22.7 Å². The van der Waals surface area contributed by atoms with Gasteiger partial charge in [-0.05, 0) is 81.2 Å². The molecule has 0 aliphatic heterocycles. The quantitative estimate of drug-likeness (QED) is 0.216. The summed E-state index contributed by atoms with van der Waals surface area (Å²) in [5, 5.41) is 31.3. The number of hydrogen-bond acceptors (Lipinski definition) is 6. The normalized spacial score (nSPS) is 10.9. The summed E-state index contributed by atoms with van der Waals surface area (Å²) in [5.74, 6) is 0. The summed E-state index contributed by atoms with van der Waals surface area (Å²) in [6, 6.07) is 42.3. The second-order valence-electron chi connectivity index (χ2n) is 9.03. The number of hydrazine groups is 2. The average molecular weight is 497 g/mol. The molecular formula is C32H24N4O2-2. The van der Waals surface area contributed by atoms with Gasteiger partial charge in [0.1, 0.15) is 0 Å². The van der Waals surface area contributed by atoms with Gasteiger partial charge in [0.2, 0.25) is 0 Å². The zero-order valence-corrected chi connectivity index (χ0v) is 20.4. The van der Waals surface area contributed by atoms with E-state index in [9.17, 15) is 10.4 Å². The Morgan fingerprint density at radius 2 is 0.763 bits per heavy atom. The highest BCUT2D eigenvalue weighted by molar-refractivity contribution is 5.87. The monoisotopic (exact) mass is 496 g/mol. The summed E-state index contributed by atoms with van der Waals surface area (Å²) in [6.45, 7) is 0. The third-order valence-electron chi connectivity index (χ3n) is 6.50. The number of nitrogens with zero attached hydrogens (tertiary/aromatic N) is 2. The maximum atomic E-state index is 12.7. The van der Waals surface area contributed by atoms with Crippen molar-refractivity contribution in [1.29, 1.82) is 0 Å². The fourth-order valence-electron chi connectivity index (χ4n) is 4.46. The van der Waals surface area contributed by atoms with Crippen molar-refractivity contribution >= 4 is 44.3 Å². The number of rotatable bonds is 7. The lowest BCUT2D eigenvalue weighted by Gasteiger charge is -2.32. The predicted octanol–water partition coefficient (Wildman–Crippen LogP) is 8.32. The summed E-state index contributed by atoms with van der Waals surface area (Å²) < 4.78 is 0. The van der Waals surface area contributed by atoms with Crippen LogP contribution < -0.4 is 21.2 Å². The molecule has 0 atom stereocenters. The third kappa shape index (κ3) is 4.95. The molecule has 0 aliphatic carbocycles. The Balaban J connectivity index is 1.11. The number of anilines is 4. The van der Waals surface area contributed by atoms with E-state index in [1.165, 1.54) is 0 Å².